The van der Waals surface area contributed by atoms with Crippen molar-refractivity contribution in [2.75, 3.05) is 45.9 Å². The Balaban J connectivity index is 1.50. The molecule has 4 heterocycles. The van der Waals surface area contributed by atoms with Gasteiger partial charge in [-0.15, -0.1) is 0 Å². The Labute approximate surface area is 187 Å². The van der Waals surface area contributed by atoms with Gasteiger partial charge in [0.25, 0.3) is 5.91 Å². The molecule has 1 aliphatic heterocycles. The number of rotatable bonds is 7. The van der Waals surface area contributed by atoms with E-state index in [0.29, 0.717) is 29.7 Å². The molecule has 1 amide bonds. The lowest BCUT2D eigenvalue weighted by atomic mass is 10.0. The van der Waals surface area contributed by atoms with Gasteiger partial charge in [0.1, 0.15) is 5.82 Å². The van der Waals surface area contributed by atoms with Crippen molar-refractivity contribution < 1.29 is 14.3 Å². The molecule has 1 N–H and O–H groups in total. The first-order valence-electron chi connectivity index (χ1n) is 10.6. The predicted molar refractivity (Wildman–Crippen MR) is 121 cm³/mol. The zero-order chi connectivity index (χ0) is 22.5. The summed E-state index contributed by atoms with van der Waals surface area (Å²) >= 11 is 0. The number of amides is 1. The summed E-state index contributed by atoms with van der Waals surface area (Å²) < 4.78 is 12.6. The van der Waals surface area contributed by atoms with Crippen LogP contribution < -0.4 is 15.0 Å². The molecule has 0 atom stereocenters. The molecular weight excluding hydrogens is 408 g/mol. The van der Waals surface area contributed by atoms with Crippen LogP contribution in [0, 0.1) is 5.92 Å². The van der Waals surface area contributed by atoms with E-state index in [-0.39, 0.29) is 5.91 Å². The molecule has 9 nitrogen and oxygen atoms in total. The van der Waals surface area contributed by atoms with Crippen molar-refractivity contribution in [2.45, 2.75) is 12.8 Å². The number of carbonyl (C=O) groups is 1. The van der Waals surface area contributed by atoms with E-state index in [4.69, 9.17) is 9.47 Å². The average Bonchev–Trinajstić information content (AvgIpc) is 3.27. The molecule has 0 spiro atoms. The van der Waals surface area contributed by atoms with Gasteiger partial charge in [-0.05, 0) is 48.6 Å². The summed E-state index contributed by atoms with van der Waals surface area (Å²) in [4.78, 5) is 23.2. The van der Waals surface area contributed by atoms with Gasteiger partial charge in [0.05, 0.1) is 24.4 Å². The first-order valence-corrected chi connectivity index (χ1v) is 10.6. The predicted octanol–water partition coefficient (Wildman–Crippen LogP) is 2.56. The van der Waals surface area contributed by atoms with E-state index in [1.165, 1.54) is 0 Å². The third kappa shape index (κ3) is 4.72. The number of nitrogens with one attached hydrogen (secondary N) is 1. The lowest BCUT2D eigenvalue weighted by Crippen LogP contribution is -2.32. The Morgan fingerprint density at radius 2 is 2.03 bits per heavy atom. The third-order valence-electron chi connectivity index (χ3n) is 5.55. The van der Waals surface area contributed by atoms with E-state index in [2.05, 4.69) is 20.4 Å². The standard InChI is InChI=1S/C23H28N6O3/c1-28(2)21-12-17(6-9-24-21)19-15-27-29(23(19)31-3)20-5-4-18(14-25-20)22(30)26-13-16-7-10-32-11-8-16/h4-6,9,12,14-16H,7-8,10-11,13H2,1-3H3,(H,26,30). The molecule has 32 heavy (non-hydrogen) atoms. The number of pyridine rings is 2. The van der Waals surface area contributed by atoms with Gasteiger partial charge >= 0.3 is 0 Å². The number of carbonyl (C=O) groups excluding carboxylic acids is 1. The number of methoxy groups -OCH3 is 1. The number of hydrogen-bond donors (Lipinski definition) is 1. The van der Waals surface area contributed by atoms with Crippen LogP contribution in [0.3, 0.4) is 0 Å². The molecule has 0 unspecified atom stereocenters. The first kappa shape index (κ1) is 21.8. The van der Waals surface area contributed by atoms with E-state index in [1.807, 2.05) is 31.1 Å². The van der Waals surface area contributed by atoms with Gasteiger partial charge < -0.3 is 19.7 Å². The Morgan fingerprint density at radius 1 is 1.22 bits per heavy atom. The zero-order valence-electron chi connectivity index (χ0n) is 18.6. The van der Waals surface area contributed by atoms with Crippen molar-refractivity contribution in [2.24, 2.45) is 5.92 Å². The van der Waals surface area contributed by atoms with Crippen molar-refractivity contribution in [3.63, 3.8) is 0 Å². The molecule has 168 valence electrons. The summed E-state index contributed by atoms with van der Waals surface area (Å²) in [6, 6.07) is 7.40. The Morgan fingerprint density at radius 3 is 2.72 bits per heavy atom. The van der Waals surface area contributed by atoms with Crippen LogP contribution in [0.25, 0.3) is 16.9 Å². The van der Waals surface area contributed by atoms with Crippen LogP contribution in [-0.4, -0.2) is 66.6 Å². The molecule has 0 radical (unpaired) electrons. The van der Waals surface area contributed by atoms with Crippen LogP contribution in [0.4, 0.5) is 5.82 Å². The molecule has 1 aliphatic rings. The highest BCUT2D eigenvalue weighted by molar-refractivity contribution is 5.93. The number of aromatic nitrogens is 4. The fourth-order valence-corrected chi connectivity index (χ4v) is 3.66. The van der Waals surface area contributed by atoms with Crippen molar-refractivity contribution >= 4 is 11.7 Å². The second kappa shape index (κ2) is 9.78. The highest BCUT2D eigenvalue weighted by Gasteiger charge is 2.18. The van der Waals surface area contributed by atoms with Crippen LogP contribution in [0.15, 0.2) is 42.9 Å². The maximum absolute atomic E-state index is 12.5. The lowest BCUT2D eigenvalue weighted by molar-refractivity contribution is 0.0642. The Hall–Kier alpha value is -3.46. The quantitative estimate of drug-likeness (QED) is 0.608. The summed E-state index contributed by atoms with van der Waals surface area (Å²) in [5.74, 6) is 2.30. The summed E-state index contributed by atoms with van der Waals surface area (Å²) in [6.07, 6.45) is 7.02. The van der Waals surface area contributed by atoms with Crippen LogP contribution in [0.2, 0.25) is 0 Å². The highest BCUT2D eigenvalue weighted by Crippen LogP contribution is 2.32. The van der Waals surface area contributed by atoms with Crippen LogP contribution in [-0.2, 0) is 4.74 Å². The number of hydrogen-bond acceptors (Lipinski definition) is 7. The molecule has 4 rings (SSSR count). The highest BCUT2D eigenvalue weighted by atomic mass is 16.5. The van der Waals surface area contributed by atoms with E-state index in [9.17, 15) is 4.79 Å². The largest absolute Gasteiger partial charge is 0.480 e. The van der Waals surface area contributed by atoms with Crippen molar-refractivity contribution in [1.29, 1.82) is 0 Å². The zero-order valence-corrected chi connectivity index (χ0v) is 18.6. The smallest absolute Gasteiger partial charge is 0.252 e. The molecule has 0 saturated carbocycles. The van der Waals surface area contributed by atoms with Gasteiger partial charge in [0.15, 0.2) is 5.82 Å². The Bertz CT molecular complexity index is 1060. The molecular formula is C23H28N6O3. The summed E-state index contributed by atoms with van der Waals surface area (Å²) in [6.45, 7) is 2.18. The molecule has 1 saturated heterocycles. The molecule has 3 aromatic heterocycles. The maximum Gasteiger partial charge on any atom is 0.252 e. The minimum atomic E-state index is -0.128. The number of anilines is 1. The van der Waals surface area contributed by atoms with E-state index < -0.39 is 0 Å². The Kier molecular flexibility index (Phi) is 6.65. The van der Waals surface area contributed by atoms with Crippen molar-refractivity contribution in [3.05, 3.63) is 48.4 Å². The van der Waals surface area contributed by atoms with Gasteiger partial charge in [0, 0.05) is 46.2 Å². The van der Waals surface area contributed by atoms with Gasteiger partial charge in [-0.3, -0.25) is 4.79 Å². The van der Waals surface area contributed by atoms with Gasteiger partial charge in [-0.1, -0.05) is 0 Å². The normalized spacial score (nSPS) is 14.2. The lowest BCUT2D eigenvalue weighted by Gasteiger charge is -2.22. The summed E-state index contributed by atoms with van der Waals surface area (Å²) in [5.41, 5.74) is 2.28. The number of ether oxygens (including phenoxy) is 2. The summed E-state index contributed by atoms with van der Waals surface area (Å²) in [5, 5.41) is 7.46. The van der Waals surface area contributed by atoms with Gasteiger partial charge in [0.2, 0.25) is 5.88 Å². The van der Waals surface area contributed by atoms with Crippen LogP contribution in [0.5, 0.6) is 5.88 Å². The SMILES string of the molecule is COc1c(-c2ccnc(N(C)C)c2)cnn1-c1ccc(C(=O)NCC2CCOCC2)cn1. The second-order valence-electron chi connectivity index (χ2n) is 7.95. The van der Waals surface area contributed by atoms with Crippen molar-refractivity contribution in [1.82, 2.24) is 25.1 Å². The van der Waals surface area contributed by atoms with Gasteiger partial charge in [-0.25, -0.2) is 9.97 Å². The molecule has 0 aliphatic carbocycles. The third-order valence-corrected chi connectivity index (χ3v) is 5.55. The monoisotopic (exact) mass is 436 g/mol. The number of nitrogens with zero attached hydrogens (tertiary/aromatic N) is 5. The molecule has 9 heteroatoms. The average molecular weight is 437 g/mol. The second-order valence-corrected chi connectivity index (χ2v) is 7.95. The molecule has 3 aromatic rings. The first-order chi connectivity index (χ1) is 15.6. The fraction of sp³-hybridized carbons (Fsp3) is 0.391. The van der Waals surface area contributed by atoms with Crippen LogP contribution >= 0.6 is 0 Å². The van der Waals surface area contributed by atoms with E-state index in [0.717, 1.165) is 43.0 Å². The van der Waals surface area contributed by atoms with Gasteiger partial charge in [-0.2, -0.15) is 9.78 Å². The minimum Gasteiger partial charge on any atom is -0.480 e. The van der Waals surface area contributed by atoms with E-state index >= 15 is 0 Å². The maximum atomic E-state index is 12.5. The minimum absolute atomic E-state index is 0.128. The topological polar surface area (TPSA) is 94.4 Å². The molecule has 0 bridgehead atoms. The van der Waals surface area contributed by atoms with Crippen LogP contribution in [0.1, 0.15) is 23.2 Å². The van der Waals surface area contributed by atoms with Crippen molar-refractivity contribution in [3.8, 4) is 22.8 Å². The molecule has 1 fully saturated rings. The van der Waals surface area contributed by atoms with E-state index in [1.54, 1.807) is 42.5 Å². The molecule has 0 aromatic carbocycles. The fourth-order valence-electron chi connectivity index (χ4n) is 3.66. The summed E-state index contributed by atoms with van der Waals surface area (Å²) in [7, 11) is 5.49.